The molecule has 0 spiro atoms. The van der Waals surface area contributed by atoms with Crippen molar-refractivity contribution in [2.45, 2.75) is 162 Å². The number of ether oxygens (including phenoxy) is 2. The fourth-order valence-corrected chi connectivity index (χ4v) is 10.6. The van der Waals surface area contributed by atoms with Crippen LogP contribution in [0.25, 0.3) is 0 Å². The van der Waals surface area contributed by atoms with Gasteiger partial charge in [-0.3, -0.25) is 43.3 Å². The fraction of sp³-hybridized carbons (Fsp3) is 0.736. The summed E-state index contributed by atoms with van der Waals surface area (Å²) in [5.74, 6) is -4.94. The number of hydrogen-bond acceptors (Lipinski definition) is 13. The van der Waals surface area contributed by atoms with Gasteiger partial charge in [-0.25, -0.2) is 9.86 Å². The Kier molecular flexibility index (Phi) is 23.1. The molecule has 0 saturated carbocycles. The molecular formula is C53H83N5O12. The molecule has 0 radical (unpaired) electrons. The molecule has 9 atom stereocenters. The van der Waals surface area contributed by atoms with Gasteiger partial charge in [0, 0.05) is 78.3 Å². The zero-order valence-electron chi connectivity index (χ0n) is 43.9. The summed E-state index contributed by atoms with van der Waals surface area (Å²) in [4.78, 5) is 124. The summed E-state index contributed by atoms with van der Waals surface area (Å²) in [5.41, 5.74) is 0.951. The normalized spacial score (nSPS) is 20.0. The van der Waals surface area contributed by atoms with Crippen LogP contribution in [-0.2, 0) is 63.9 Å². The molecule has 3 aliphatic rings. The highest BCUT2D eigenvalue weighted by atomic mass is 16.7. The minimum atomic E-state index is -0.705. The number of benzene rings is 1. The number of Topliss-reactive ketones (excluding diaryl/α,β-unsaturated/α-hetero) is 2. The van der Waals surface area contributed by atoms with Crippen molar-refractivity contribution in [1.82, 2.24) is 24.8 Å². The van der Waals surface area contributed by atoms with Gasteiger partial charge in [-0.1, -0.05) is 85.2 Å². The van der Waals surface area contributed by atoms with Crippen molar-refractivity contribution in [3.8, 4) is 0 Å². The molecule has 17 nitrogen and oxygen atoms in total. The summed E-state index contributed by atoms with van der Waals surface area (Å²) in [5, 5.41) is 1.94. The molecule has 392 valence electrons. The number of nitrogens with zero attached hydrogens (tertiary/aromatic N) is 5. The Morgan fingerprint density at radius 3 is 2.06 bits per heavy atom. The van der Waals surface area contributed by atoms with Crippen LogP contribution in [0.5, 0.6) is 0 Å². The predicted octanol–water partition coefficient (Wildman–Crippen LogP) is 5.85. The number of hydroxylamine groups is 4. The number of amides is 5. The van der Waals surface area contributed by atoms with E-state index in [0.717, 1.165) is 24.8 Å². The Balaban J connectivity index is 1.44. The molecule has 3 fully saturated rings. The van der Waals surface area contributed by atoms with Gasteiger partial charge in [0.05, 0.1) is 49.3 Å². The van der Waals surface area contributed by atoms with Gasteiger partial charge >= 0.3 is 5.97 Å². The number of carbonyl (C=O) groups is 8. The van der Waals surface area contributed by atoms with Crippen LogP contribution in [0.1, 0.15) is 131 Å². The van der Waals surface area contributed by atoms with Crippen molar-refractivity contribution in [2.24, 2.45) is 35.5 Å². The topological polar surface area (TPSA) is 190 Å². The molecular weight excluding hydrogens is 899 g/mol. The number of likely N-dealkylation sites (N-methyl/N-ethyl adjacent to an activating group) is 2. The molecule has 0 unspecified atom stereocenters. The van der Waals surface area contributed by atoms with Crippen LogP contribution < -0.4 is 0 Å². The summed E-state index contributed by atoms with van der Waals surface area (Å²) < 4.78 is 12.2. The molecule has 0 aromatic heterocycles. The first-order chi connectivity index (χ1) is 33.2. The molecule has 70 heavy (non-hydrogen) atoms. The molecule has 3 heterocycles. The Morgan fingerprint density at radius 2 is 1.49 bits per heavy atom. The van der Waals surface area contributed by atoms with Gasteiger partial charge in [-0.2, -0.15) is 0 Å². The Labute approximate surface area is 416 Å². The van der Waals surface area contributed by atoms with Gasteiger partial charge < -0.3 is 24.1 Å². The third kappa shape index (κ3) is 15.5. The highest BCUT2D eigenvalue weighted by Gasteiger charge is 2.44. The zero-order chi connectivity index (χ0) is 51.8. The lowest BCUT2D eigenvalue weighted by Crippen LogP contribution is -2.54. The summed E-state index contributed by atoms with van der Waals surface area (Å²) in [7, 11) is 6.63. The zero-order valence-corrected chi connectivity index (χ0v) is 43.9. The first-order valence-electron chi connectivity index (χ1n) is 25.7. The maximum Gasteiger partial charge on any atom is 0.333 e. The van der Waals surface area contributed by atoms with E-state index in [1.54, 1.807) is 38.1 Å². The van der Waals surface area contributed by atoms with Crippen molar-refractivity contribution < 1.29 is 57.5 Å². The second-order valence-electron chi connectivity index (χ2n) is 20.5. The van der Waals surface area contributed by atoms with Crippen molar-refractivity contribution in [2.75, 3.05) is 54.6 Å². The van der Waals surface area contributed by atoms with E-state index in [2.05, 4.69) is 0 Å². The first-order valence-corrected chi connectivity index (χ1v) is 25.7. The van der Waals surface area contributed by atoms with Gasteiger partial charge in [0.25, 0.3) is 11.8 Å². The SMILES string of the molecule is CC[C@H](C)[C@@H]([C@@H](CC(=O)N1CCC[C@H]1[C@H](OC)[C@@H](C)C(=O)C[C@@H](Cc1ccccc1)C(=O)N1CCCCO1)OC)N(C)C(=O)[C@@H](CC(=O)[C@H](C(C)C)N(C)CCCC(=O)ON1C(=O)CCC1=O)C(C)C. The van der Waals surface area contributed by atoms with Crippen molar-refractivity contribution >= 4 is 47.1 Å². The Hall–Kier alpha value is -4.58. The smallest absolute Gasteiger partial charge is 0.333 e. The van der Waals surface area contributed by atoms with E-state index in [1.807, 2.05) is 83.7 Å². The minimum absolute atomic E-state index is 0.00248. The van der Waals surface area contributed by atoms with Crippen LogP contribution in [0.15, 0.2) is 30.3 Å². The maximum absolute atomic E-state index is 14.7. The van der Waals surface area contributed by atoms with E-state index >= 15 is 0 Å². The maximum atomic E-state index is 14.7. The number of imide groups is 1. The van der Waals surface area contributed by atoms with Crippen molar-refractivity contribution in [3.05, 3.63) is 35.9 Å². The Bertz CT molecular complexity index is 1910. The van der Waals surface area contributed by atoms with E-state index in [-0.39, 0.29) is 85.6 Å². The minimum Gasteiger partial charge on any atom is -0.379 e. The van der Waals surface area contributed by atoms with Crippen LogP contribution in [-0.4, -0.2) is 157 Å². The summed E-state index contributed by atoms with van der Waals surface area (Å²) in [6.07, 6.45) is 3.06. The molecule has 0 N–H and O–H groups in total. The molecule has 3 aliphatic heterocycles. The van der Waals surface area contributed by atoms with Crippen LogP contribution in [0.2, 0.25) is 0 Å². The van der Waals surface area contributed by atoms with E-state index in [0.29, 0.717) is 57.0 Å². The number of likely N-dealkylation sites (tertiary alicyclic amines) is 1. The number of hydrogen-bond donors (Lipinski definition) is 0. The highest BCUT2D eigenvalue weighted by molar-refractivity contribution is 6.01. The fourth-order valence-electron chi connectivity index (χ4n) is 10.6. The highest BCUT2D eigenvalue weighted by Crippen LogP contribution is 2.32. The molecule has 0 aliphatic carbocycles. The van der Waals surface area contributed by atoms with Gasteiger partial charge in [0.2, 0.25) is 17.7 Å². The summed E-state index contributed by atoms with van der Waals surface area (Å²) >= 11 is 0. The third-order valence-electron chi connectivity index (χ3n) is 14.8. The number of ketones is 2. The summed E-state index contributed by atoms with van der Waals surface area (Å²) in [6.45, 7) is 15.4. The van der Waals surface area contributed by atoms with Crippen LogP contribution in [0, 0.1) is 35.5 Å². The largest absolute Gasteiger partial charge is 0.379 e. The molecule has 1 aromatic rings. The molecule has 4 rings (SSSR count). The van der Waals surface area contributed by atoms with Crippen molar-refractivity contribution in [3.63, 3.8) is 0 Å². The van der Waals surface area contributed by atoms with Crippen LogP contribution >= 0.6 is 0 Å². The average Bonchev–Trinajstić information content (AvgIpc) is 3.95. The number of carbonyl (C=O) groups excluding carboxylic acids is 8. The molecule has 0 bridgehead atoms. The Morgan fingerprint density at radius 1 is 0.814 bits per heavy atom. The van der Waals surface area contributed by atoms with Crippen LogP contribution in [0.3, 0.4) is 0 Å². The van der Waals surface area contributed by atoms with Gasteiger partial charge in [-0.15, -0.1) is 5.06 Å². The van der Waals surface area contributed by atoms with E-state index < -0.39 is 65.9 Å². The third-order valence-corrected chi connectivity index (χ3v) is 14.8. The quantitative estimate of drug-likeness (QED) is 0.0910. The van der Waals surface area contributed by atoms with Crippen LogP contribution in [0.4, 0.5) is 0 Å². The van der Waals surface area contributed by atoms with Gasteiger partial charge in [0.1, 0.15) is 5.78 Å². The second-order valence-corrected chi connectivity index (χ2v) is 20.5. The van der Waals surface area contributed by atoms with E-state index in [9.17, 15) is 38.4 Å². The lowest BCUT2D eigenvalue weighted by molar-refractivity contribution is -0.201. The molecule has 1 aromatic carbocycles. The first kappa shape index (κ1) is 58.0. The number of methoxy groups -OCH3 is 2. The van der Waals surface area contributed by atoms with Gasteiger partial charge in [-0.05, 0) is 75.4 Å². The molecule has 5 amide bonds. The lowest BCUT2D eigenvalue weighted by atomic mass is 9.83. The predicted molar refractivity (Wildman–Crippen MR) is 262 cm³/mol. The average molecular weight is 982 g/mol. The summed E-state index contributed by atoms with van der Waals surface area (Å²) in [6, 6.07) is 8.19. The van der Waals surface area contributed by atoms with Gasteiger partial charge in [0.15, 0.2) is 5.78 Å². The van der Waals surface area contributed by atoms with E-state index in [1.165, 1.54) is 5.06 Å². The molecule has 3 saturated heterocycles. The standard InChI is InChI=1S/C53H83N5O12/c1-12-36(6)50(55(9)53(66)40(34(2)3)32-43(60)49(35(4)5)54(8)26-19-23-48(64)70-58-45(61)24-25-46(58)62)44(67-10)33-47(63)56-27-18-22-41(56)51(68-11)37(7)42(59)31-39(30-38-20-14-13-15-21-38)52(65)57-28-16-17-29-69-57/h13-15,20-21,34-37,39-41,44,49-51H,12,16-19,22-33H2,1-11H3/t36-,37-,39+,40-,41-,44+,49-,50-,51+/m0/s1. The monoisotopic (exact) mass is 982 g/mol. The molecule has 17 heteroatoms. The lowest BCUT2D eigenvalue weighted by Gasteiger charge is -2.41. The van der Waals surface area contributed by atoms with E-state index in [4.69, 9.17) is 19.1 Å². The second kappa shape index (κ2) is 27.9. The van der Waals surface area contributed by atoms with Crippen molar-refractivity contribution in [1.29, 1.82) is 0 Å². The number of rotatable bonds is 28.